The van der Waals surface area contributed by atoms with E-state index in [1.807, 2.05) is 55.8 Å². The third-order valence-corrected chi connectivity index (χ3v) is 5.45. The fourth-order valence-corrected chi connectivity index (χ4v) is 3.99. The first-order valence-corrected chi connectivity index (χ1v) is 9.49. The molecule has 7 heteroatoms. The number of carbonyl (C=O) groups is 1. The van der Waals surface area contributed by atoms with Gasteiger partial charge in [-0.05, 0) is 50.5 Å². The van der Waals surface area contributed by atoms with Gasteiger partial charge in [-0.2, -0.15) is 10.2 Å². The number of aromatic nitrogens is 4. The maximum absolute atomic E-state index is 12.9. The Morgan fingerprint density at radius 3 is 2.75 bits per heavy atom. The van der Waals surface area contributed by atoms with E-state index in [1.165, 1.54) is 0 Å². The molecule has 0 unspecified atom stereocenters. The van der Waals surface area contributed by atoms with Gasteiger partial charge in [0, 0.05) is 12.2 Å². The van der Waals surface area contributed by atoms with Gasteiger partial charge in [-0.15, -0.1) is 0 Å². The SMILES string of the molecule is Cc1cc(C)n(Cc2cc(C(=O)N3CC[C@](O)(c4ccccc4C)C3)n[nH]2)n1. The zero-order valence-corrected chi connectivity index (χ0v) is 16.4. The maximum Gasteiger partial charge on any atom is 0.274 e. The number of amides is 1. The molecule has 28 heavy (non-hydrogen) atoms. The van der Waals surface area contributed by atoms with E-state index in [1.54, 1.807) is 11.0 Å². The molecule has 1 saturated heterocycles. The predicted molar refractivity (Wildman–Crippen MR) is 105 cm³/mol. The van der Waals surface area contributed by atoms with Crippen LogP contribution in [-0.2, 0) is 12.1 Å². The molecule has 146 valence electrons. The number of aliphatic hydroxyl groups is 1. The number of nitrogens with one attached hydrogen (secondary N) is 1. The summed E-state index contributed by atoms with van der Waals surface area (Å²) in [5, 5.41) is 22.7. The quantitative estimate of drug-likeness (QED) is 0.728. The second-order valence-electron chi connectivity index (χ2n) is 7.69. The molecule has 1 aromatic carbocycles. The summed E-state index contributed by atoms with van der Waals surface area (Å²) in [6.45, 7) is 7.25. The minimum absolute atomic E-state index is 0.166. The lowest BCUT2D eigenvalue weighted by molar-refractivity contribution is 0.0410. The second-order valence-corrected chi connectivity index (χ2v) is 7.69. The van der Waals surface area contributed by atoms with Crippen LogP contribution >= 0.6 is 0 Å². The van der Waals surface area contributed by atoms with Crippen LogP contribution in [0.2, 0.25) is 0 Å². The standard InChI is InChI=1S/C21H25N5O2/c1-14-6-4-5-7-18(14)21(28)8-9-25(13-21)20(27)19-11-17(22-23-19)12-26-16(3)10-15(2)24-26/h4-7,10-11,28H,8-9,12-13H2,1-3H3,(H,22,23)/t21-/m1/s1. The fraction of sp³-hybridized carbons (Fsp3) is 0.381. The summed E-state index contributed by atoms with van der Waals surface area (Å²) in [7, 11) is 0. The molecule has 7 nitrogen and oxygen atoms in total. The molecule has 2 aromatic heterocycles. The number of hydrogen-bond donors (Lipinski definition) is 2. The van der Waals surface area contributed by atoms with Crippen molar-refractivity contribution in [2.45, 2.75) is 39.3 Å². The molecule has 0 saturated carbocycles. The van der Waals surface area contributed by atoms with Crippen LogP contribution in [0, 0.1) is 20.8 Å². The van der Waals surface area contributed by atoms with Crippen molar-refractivity contribution in [3.8, 4) is 0 Å². The summed E-state index contributed by atoms with van der Waals surface area (Å²) in [4.78, 5) is 14.6. The van der Waals surface area contributed by atoms with E-state index in [-0.39, 0.29) is 12.5 Å². The van der Waals surface area contributed by atoms with Crippen molar-refractivity contribution in [3.63, 3.8) is 0 Å². The molecule has 2 N–H and O–H groups in total. The molecule has 0 spiro atoms. The molecule has 4 rings (SSSR count). The third-order valence-electron chi connectivity index (χ3n) is 5.45. The maximum atomic E-state index is 12.9. The van der Waals surface area contributed by atoms with E-state index >= 15 is 0 Å². The fourth-order valence-electron chi connectivity index (χ4n) is 3.99. The number of aryl methyl sites for hydroxylation is 3. The van der Waals surface area contributed by atoms with E-state index in [4.69, 9.17) is 0 Å². The van der Waals surface area contributed by atoms with E-state index in [0.717, 1.165) is 28.2 Å². The zero-order valence-electron chi connectivity index (χ0n) is 16.4. The Bertz CT molecular complexity index is 1020. The van der Waals surface area contributed by atoms with Crippen LogP contribution in [0.5, 0.6) is 0 Å². The van der Waals surface area contributed by atoms with Crippen molar-refractivity contribution < 1.29 is 9.90 Å². The van der Waals surface area contributed by atoms with Crippen LogP contribution < -0.4 is 0 Å². The monoisotopic (exact) mass is 379 g/mol. The van der Waals surface area contributed by atoms with Gasteiger partial charge in [-0.1, -0.05) is 24.3 Å². The van der Waals surface area contributed by atoms with Crippen molar-refractivity contribution in [3.05, 3.63) is 70.3 Å². The number of likely N-dealkylation sites (tertiary alicyclic amines) is 1. The largest absolute Gasteiger partial charge is 0.383 e. The Hall–Kier alpha value is -2.93. The molecular weight excluding hydrogens is 354 g/mol. The molecule has 0 bridgehead atoms. The number of nitrogens with zero attached hydrogens (tertiary/aromatic N) is 4. The van der Waals surface area contributed by atoms with Gasteiger partial charge >= 0.3 is 0 Å². The molecule has 0 radical (unpaired) electrons. The van der Waals surface area contributed by atoms with Crippen LogP contribution in [0.25, 0.3) is 0 Å². The molecule has 1 amide bonds. The number of H-pyrrole nitrogens is 1. The topological polar surface area (TPSA) is 87.0 Å². The first-order valence-electron chi connectivity index (χ1n) is 9.49. The van der Waals surface area contributed by atoms with Gasteiger partial charge in [0.15, 0.2) is 0 Å². The van der Waals surface area contributed by atoms with E-state index in [0.29, 0.717) is 25.2 Å². The third kappa shape index (κ3) is 3.33. The number of rotatable bonds is 4. The zero-order chi connectivity index (χ0) is 19.9. The van der Waals surface area contributed by atoms with Gasteiger partial charge in [-0.25, -0.2) is 0 Å². The summed E-state index contributed by atoms with van der Waals surface area (Å²) in [6, 6.07) is 11.6. The number of hydrogen-bond acceptors (Lipinski definition) is 4. The smallest absolute Gasteiger partial charge is 0.274 e. The lowest BCUT2D eigenvalue weighted by Gasteiger charge is -2.25. The van der Waals surface area contributed by atoms with Crippen molar-refractivity contribution >= 4 is 5.91 Å². The second kappa shape index (κ2) is 6.91. The summed E-state index contributed by atoms with van der Waals surface area (Å²) >= 11 is 0. The molecular formula is C21H25N5O2. The molecule has 3 heterocycles. The van der Waals surface area contributed by atoms with Gasteiger partial charge in [0.2, 0.25) is 0 Å². The Labute approximate surface area is 164 Å². The lowest BCUT2D eigenvalue weighted by atomic mass is 9.89. The van der Waals surface area contributed by atoms with E-state index in [9.17, 15) is 9.90 Å². The van der Waals surface area contributed by atoms with Gasteiger partial charge in [-0.3, -0.25) is 14.6 Å². The van der Waals surface area contributed by atoms with Gasteiger partial charge in [0.25, 0.3) is 5.91 Å². The highest BCUT2D eigenvalue weighted by atomic mass is 16.3. The van der Waals surface area contributed by atoms with Crippen LogP contribution in [0.3, 0.4) is 0 Å². The van der Waals surface area contributed by atoms with Crippen molar-refractivity contribution in [2.24, 2.45) is 0 Å². The van der Waals surface area contributed by atoms with Crippen molar-refractivity contribution in [2.75, 3.05) is 13.1 Å². The number of carbonyl (C=O) groups excluding carboxylic acids is 1. The normalized spacial score (nSPS) is 19.4. The summed E-state index contributed by atoms with van der Waals surface area (Å²) in [6.07, 6.45) is 0.520. The average Bonchev–Trinajstić information content (AvgIpc) is 3.35. The first kappa shape index (κ1) is 18.4. The molecule has 1 fully saturated rings. The van der Waals surface area contributed by atoms with Crippen molar-refractivity contribution in [1.29, 1.82) is 0 Å². The predicted octanol–water partition coefficient (Wildman–Crippen LogP) is 2.31. The summed E-state index contributed by atoms with van der Waals surface area (Å²) in [5.41, 5.74) is 4.12. The van der Waals surface area contributed by atoms with Crippen molar-refractivity contribution in [1.82, 2.24) is 24.9 Å². The highest BCUT2D eigenvalue weighted by Crippen LogP contribution is 2.34. The molecule has 1 aliphatic heterocycles. The Kier molecular flexibility index (Phi) is 4.55. The molecule has 1 atom stereocenters. The van der Waals surface area contributed by atoms with Crippen LogP contribution in [0.4, 0.5) is 0 Å². The van der Waals surface area contributed by atoms with Crippen LogP contribution in [0.15, 0.2) is 36.4 Å². The van der Waals surface area contributed by atoms with E-state index in [2.05, 4.69) is 15.3 Å². The number of β-amino-alcohol motifs (C(OH)–C–C–N with tert-alkyl or cyclic N) is 1. The van der Waals surface area contributed by atoms with E-state index < -0.39 is 5.60 Å². The Morgan fingerprint density at radius 2 is 2.04 bits per heavy atom. The average molecular weight is 379 g/mol. The van der Waals surface area contributed by atoms with Gasteiger partial charge in [0.1, 0.15) is 11.3 Å². The number of benzene rings is 1. The first-order chi connectivity index (χ1) is 13.4. The highest BCUT2D eigenvalue weighted by molar-refractivity contribution is 5.92. The molecule has 1 aliphatic rings. The van der Waals surface area contributed by atoms with Gasteiger partial charge in [0.05, 0.1) is 24.5 Å². The Morgan fingerprint density at radius 1 is 1.25 bits per heavy atom. The van der Waals surface area contributed by atoms with Crippen LogP contribution in [-0.4, -0.2) is 49.0 Å². The summed E-state index contributed by atoms with van der Waals surface area (Å²) in [5.74, 6) is -0.166. The number of aromatic amines is 1. The molecule has 0 aliphatic carbocycles. The molecule has 3 aromatic rings. The minimum atomic E-state index is -1.01. The van der Waals surface area contributed by atoms with Crippen LogP contribution in [0.1, 0.15) is 45.1 Å². The highest BCUT2D eigenvalue weighted by Gasteiger charge is 2.41. The lowest BCUT2D eigenvalue weighted by Crippen LogP contribution is -2.35. The Balaban J connectivity index is 1.48. The minimum Gasteiger partial charge on any atom is -0.383 e. The van der Waals surface area contributed by atoms with Gasteiger partial charge < -0.3 is 10.0 Å². The summed E-state index contributed by atoms with van der Waals surface area (Å²) < 4.78 is 1.88.